The Kier molecular flexibility index (Phi) is 15.3. The predicted octanol–water partition coefficient (Wildman–Crippen LogP) is 29.6. The van der Waals surface area contributed by atoms with Crippen LogP contribution in [0.15, 0.2) is 400 Å². The Morgan fingerprint density at radius 2 is 0.528 bits per heavy atom. The van der Waals surface area contributed by atoms with Crippen molar-refractivity contribution in [2.75, 3.05) is 9.80 Å². The van der Waals surface area contributed by atoms with Gasteiger partial charge in [-0.2, -0.15) is 0 Å². The van der Waals surface area contributed by atoms with Crippen LogP contribution in [0.4, 0.5) is 34.1 Å². The van der Waals surface area contributed by atoms with Crippen molar-refractivity contribution in [2.45, 2.75) is 0 Å². The normalized spacial score (nSPS) is 11.7. The molecule has 0 N–H and O–H groups in total. The van der Waals surface area contributed by atoms with Crippen molar-refractivity contribution in [1.82, 2.24) is 9.13 Å². The molecular weight excluding hydrogens is 1350 g/mol. The van der Waals surface area contributed by atoms with Gasteiger partial charge in [0.1, 0.15) is 0 Å². The lowest BCUT2D eigenvalue weighted by atomic mass is 9.95. The van der Waals surface area contributed by atoms with Gasteiger partial charge in [-0.05, 0) is 177 Å². The number of aromatic nitrogens is 2. The molecular formula is C102H66N4S2. The van der Waals surface area contributed by atoms with Crippen LogP contribution >= 0.6 is 22.7 Å². The summed E-state index contributed by atoms with van der Waals surface area (Å²) in [6.07, 6.45) is 0. The van der Waals surface area contributed by atoms with Gasteiger partial charge in [0, 0.05) is 107 Å². The first kappa shape index (κ1) is 62.9. The Bertz CT molecular complexity index is 7040. The molecule has 21 rings (SSSR count). The van der Waals surface area contributed by atoms with Gasteiger partial charge in [-0.15, -0.1) is 22.7 Å². The number of hydrogen-bond donors (Lipinski definition) is 0. The minimum absolute atomic E-state index is 1.05. The zero-order chi connectivity index (χ0) is 71.2. The van der Waals surface area contributed by atoms with Crippen molar-refractivity contribution in [1.29, 1.82) is 0 Å². The molecule has 0 fully saturated rings. The van der Waals surface area contributed by atoms with Gasteiger partial charge in [0.2, 0.25) is 0 Å². The third kappa shape index (κ3) is 10.6. The van der Waals surface area contributed by atoms with E-state index in [1.165, 1.54) is 84.3 Å². The molecule has 0 aliphatic carbocycles. The molecule has 0 spiro atoms. The lowest BCUT2D eigenvalue weighted by Crippen LogP contribution is -2.11. The van der Waals surface area contributed by atoms with Gasteiger partial charge in [-0.3, -0.25) is 0 Å². The Morgan fingerprint density at radius 3 is 1.01 bits per heavy atom. The number of anilines is 6. The number of nitrogens with zero attached hydrogens (tertiary/aromatic N) is 4. The number of thiophene rings is 2. The second-order valence-electron chi connectivity index (χ2n) is 27.8. The van der Waals surface area contributed by atoms with E-state index < -0.39 is 0 Å². The number of benzene rings is 17. The van der Waals surface area contributed by atoms with Gasteiger partial charge in [0.05, 0.1) is 33.4 Å². The molecule has 4 nitrogen and oxygen atoms in total. The van der Waals surface area contributed by atoms with Crippen LogP contribution in [-0.4, -0.2) is 9.13 Å². The lowest BCUT2D eigenvalue weighted by Gasteiger charge is -2.28. The maximum Gasteiger partial charge on any atom is 0.0640 e. The van der Waals surface area contributed by atoms with Gasteiger partial charge in [-0.1, -0.05) is 279 Å². The summed E-state index contributed by atoms with van der Waals surface area (Å²) in [5.41, 5.74) is 27.1. The Balaban J connectivity index is 0.745. The Morgan fingerprint density at radius 1 is 0.194 bits per heavy atom. The molecule has 0 radical (unpaired) electrons. The molecule has 21 aromatic rings. The lowest BCUT2D eigenvalue weighted by molar-refractivity contribution is 1.18. The van der Waals surface area contributed by atoms with Crippen LogP contribution in [0.25, 0.3) is 162 Å². The molecule has 0 bridgehead atoms. The summed E-state index contributed by atoms with van der Waals surface area (Å²) in [5, 5.41) is 9.79. The third-order valence-electron chi connectivity index (χ3n) is 21.7. The summed E-state index contributed by atoms with van der Waals surface area (Å²) >= 11 is 3.73. The summed E-state index contributed by atoms with van der Waals surface area (Å²) in [7, 11) is 0. The highest BCUT2D eigenvalue weighted by Crippen LogP contribution is 2.53. The highest BCUT2D eigenvalue weighted by molar-refractivity contribution is 7.26. The molecule has 0 amide bonds. The summed E-state index contributed by atoms with van der Waals surface area (Å²) in [6.45, 7) is 0. The summed E-state index contributed by atoms with van der Waals surface area (Å²) in [5.74, 6) is 0. The molecule has 0 saturated carbocycles. The molecule has 4 aromatic heterocycles. The molecule has 0 saturated heterocycles. The van der Waals surface area contributed by atoms with E-state index in [1.807, 2.05) is 22.7 Å². The van der Waals surface area contributed by atoms with Crippen LogP contribution in [0.3, 0.4) is 0 Å². The number of hydrogen-bond acceptors (Lipinski definition) is 4. The Hall–Kier alpha value is -13.6. The molecule has 0 atom stereocenters. The van der Waals surface area contributed by atoms with E-state index in [9.17, 15) is 0 Å². The van der Waals surface area contributed by atoms with Crippen molar-refractivity contribution in [3.05, 3.63) is 400 Å². The highest BCUT2D eigenvalue weighted by Gasteiger charge is 2.29. The zero-order valence-corrected chi connectivity index (χ0v) is 60.3. The third-order valence-corrected chi connectivity index (χ3v) is 23.9. The maximum atomic E-state index is 2.54. The van der Waals surface area contributed by atoms with Crippen molar-refractivity contribution in [2.24, 2.45) is 0 Å². The second kappa shape index (κ2) is 26.2. The number of fused-ring (bicyclic) bond motifs is 12. The zero-order valence-electron chi connectivity index (χ0n) is 58.7. The van der Waals surface area contributed by atoms with Crippen LogP contribution in [-0.2, 0) is 0 Å². The van der Waals surface area contributed by atoms with Crippen LogP contribution in [0.1, 0.15) is 0 Å². The van der Waals surface area contributed by atoms with Crippen molar-refractivity contribution >= 4 is 141 Å². The van der Waals surface area contributed by atoms with Crippen LogP contribution in [0.2, 0.25) is 0 Å². The van der Waals surface area contributed by atoms with E-state index in [-0.39, 0.29) is 0 Å². The van der Waals surface area contributed by atoms with E-state index in [1.54, 1.807) is 0 Å². The second-order valence-corrected chi connectivity index (χ2v) is 30.0. The quantitative estimate of drug-likeness (QED) is 0.108. The fourth-order valence-corrected chi connectivity index (χ4v) is 19.2. The molecule has 4 heterocycles. The summed E-state index contributed by atoms with van der Waals surface area (Å²) < 4.78 is 10.2. The van der Waals surface area contributed by atoms with Gasteiger partial charge >= 0.3 is 0 Å². The number of para-hydroxylation sites is 4. The molecule has 0 unspecified atom stereocenters. The van der Waals surface area contributed by atoms with Crippen molar-refractivity contribution < 1.29 is 0 Å². The maximum absolute atomic E-state index is 2.54. The smallest absolute Gasteiger partial charge is 0.0640 e. The van der Waals surface area contributed by atoms with Gasteiger partial charge < -0.3 is 18.9 Å². The van der Waals surface area contributed by atoms with E-state index in [0.717, 1.165) is 112 Å². The first-order valence-electron chi connectivity index (χ1n) is 36.9. The minimum atomic E-state index is 1.05. The van der Waals surface area contributed by atoms with Crippen LogP contribution in [0, 0.1) is 0 Å². The SMILES string of the molecule is c1ccc(-c2cccc(N(c3cccc(-c4ccc(-c5ccc6c7c(N(c8ccccc8)c8cccc(-c9ccccc9)c8)ccc(-c8cccc9sc%10ccccc%10c89)c7n(-c7ccccc7)c6c5)cc4)c3)c3ccc(-c4cccc5sc6ccccc6c45)c4c3c3ccccc3n4-c3ccccc3)c2)cc1. The summed E-state index contributed by atoms with van der Waals surface area (Å²) in [6, 6.07) is 148. The standard InChI is InChI=1S/C102H66N4S2/c1-6-27-67(28-7-1)71-31-22-40-78(63-71)103(75-34-10-3-11-35-75)90-61-59-84(82-47-26-52-96-98(82)88-45-18-21-50-94(88)108-96)102-100(90)86-58-57-74(66-92(86)106(102)77-38-14-5-15-39-77)70-55-53-69(54-56-70)73-33-24-42-80(65-73)104(79-41-23-32-72(64-79)68-29-8-2-9-30-68)91-62-60-83(81-46-25-51-95-97(81)87-44-17-20-49-93(87)107-95)101-99(91)85-43-16-19-48-89(85)105(101)76-36-12-4-13-37-76/h1-66H. The number of rotatable bonds is 14. The minimum Gasteiger partial charge on any atom is -0.310 e. The topological polar surface area (TPSA) is 16.3 Å². The highest BCUT2D eigenvalue weighted by atomic mass is 32.1. The van der Waals surface area contributed by atoms with Gasteiger partial charge in [0.25, 0.3) is 0 Å². The van der Waals surface area contributed by atoms with Crippen LogP contribution < -0.4 is 9.80 Å². The average Bonchev–Trinajstić information content (AvgIpc) is 1.59. The molecule has 108 heavy (non-hydrogen) atoms. The van der Waals surface area contributed by atoms with E-state index in [4.69, 9.17) is 0 Å². The first-order valence-corrected chi connectivity index (χ1v) is 38.5. The van der Waals surface area contributed by atoms with E-state index in [0.29, 0.717) is 0 Å². The molecule has 506 valence electrons. The fourth-order valence-electron chi connectivity index (χ4n) is 16.9. The summed E-state index contributed by atoms with van der Waals surface area (Å²) in [4.78, 5) is 4.97. The van der Waals surface area contributed by atoms with Crippen LogP contribution in [0.5, 0.6) is 0 Å². The monoisotopic (exact) mass is 1410 g/mol. The Labute approximate surface area is 633 Å². The molecule has 17 aromatic carbocycles. The molecule has 0 aliphatic heterocycles. The average molecular weight is 1410 g/mol. The van der Waals surface area contributed by atoms with Gasteiger partial charge in [0.15, 0.2) is 0 Å². The molecule has 6 heteroatoms. The molecule has 0 aliphatic rings. The fraction of sp³-hybridized carbons (Fsp3) is 0. The predicted molar refractivity (Wildman–Crippen MR) is 463 cm³/mol. The van der Waals surface area contributed by atoms with Gasteiger partial charge in [-0.25, -0.2) is 0 Å². The largest absolute Gasteiger partial charge is 0.310 e. The van der Waals surface area contributed by atoms with Crippen molar-refractivity contribution in [3.8, 4) is 78.1 Å². The van der Waals surface area contributed by atoms with Crippen molar-refractivity contribution in [3.63, 3.8) is 0 Å². The first-order chi connectivity index (χ1) is 53.6. The van der Waals surface area contributed by atoms with E-state index >= 15 is 0 Å². The van der Waals surface area contributed by atoms with E-state index in [2.05, 4.69) is 419 Å².